The number of rotatable bonds is 9. The van der Waals surface area contributed by atoms with Crippen LogP contribution in [0.2, 0.25) is 0 Å². The van der Waals surface area contributed by atoms with Crippen molar-refractivity contribution in [3.8, 4) is 0 Å². The molecule has 2 amide bonds. The zero-order valence-electron chi connectivity index (χ0n) is 19.1. The van der Waals surface area contributed by atoms with E-state index in [1.807, 2.05) is 0 Å². The number of nitrogens with one attached hydrogen (secondary N) is 2. The van der Waals surface area contributed by atoms with Gasteiger partial charge in [0.2, 0.25) is 15.9 Å². The molecule has 34 heavy (non-hydrogen) atoms. The summed E-state index contributed by atoms with van der Waals surface area (Å²) >= 11 is 0. The summed E-state index contributed by atoms with van der Waals surface area (Å²) in [5.74, 6) is -0.0949. The van der Waals surface area contributed by atoms with Gasteiger partial charge < -0.3 is 15.1 Å². The summed E-state index contributed by atoms with van der Waals surface area (Å²) in [5, 5.41) is 5.67. The van der Waals surface area contributed by atoms with Gasteiger partial charge in [0.05, 0.1) is 17.7 Å². The van der Waals surface area contributed by atoms with Crippen LogP contribution in [0.3, 0.4) is 0 Å². The number of sulfonamides is 1. The molecule has 0 saturated carbocycles. The molecule has 1 aromatic heterocycles. The van der Waals surface area contributed by atoms with Crippen LogP contribution < -0.4 is 10.6 Å². The van der Waals surface area contributed by atoms with E-state index < -0.39 is 10.0 Å². The van der Waals surface area contributed by atoms with E-state index in [1.165, 1.54) is 16.6 Å². The highest BCUT2D eigenvalue weighted by Crippen LogP contribution is 2.23. The summed E-state index contributed by atoms with van der Waals surface area (Å²) in [7, 11) is -3.52. The predicted molar refractivity (Wildman–Crippen MR) is 127 cm³/mol. The topological polar surface area (TPSA) is 115 Å². The molecule has 2 N–H and O–H groups in total. The second-order valence-corrected chi connectivity index (χ2v) is 10.5. The van der Waals surface area contributed by atoms with Gasteiger partial charge in [-0.05, 0) is 43.2 Å². The Morgan fingerprint density at radius 2 is 1.68 bits per heavy atom. The van der Waals surface area contributed by atoms with Crippen molar-refractivity contribution >= 4 is 27.5 Å². The van der Waals surface area contributed by atoms with Crippen LogP contribution in [-0.4, -0.2) is 93.2 Å². The van der Waals surface area contributed by atoms with Crippen LogP contribution in [0.15, 0.2) is 52.0 Å². The van der Waals surface area contributed by atoms with Gasteiger partial charge in [-0.3, -0.25) is 19.4 Å². The number of anilines is 1. The number of carbonyl (C=O) groups excluding carboxylic acids is 2. The van der Waals surface area contributed by atoms with E-state index in [1.54, 1.807) is 30.3 Å². The van der Waals surface area contributed by atoms with E-state index in [0.29, 0.717) is 31.1 Å². The zero-order valence-corrected chi connectivity index (χ0v) is 19.9. The third-order valence-corrected chi connectivity index (χ3v) is 8.01. The van der Waals surface area contributed by atoms with Crippen molar-refractivity contribution in [2.45, 2.75) is 17.7 Å². The summed E-state index contributed by atoms with van der Waals surface area (Å²) in [6.07, 6.45) is 3.22. The van der Waals surface area contributed by atoms with Gasteiger partial charge in [-0.25, -0.2) is 8.42 Å². The first-order valence-electron chi connectivity index (χ1n) is 11.6. The lowest BCUT2D eigenvalue weighted by Gasteiger charge is -2.34. The predicted octanol–water partition coefficient (Wildman–Crippen LogP) is 1.05. The Hall–Kier alpha value is -2.73. The molecule has 184 valence electrons. The van der Waals surface area contributed by atoms with E-state index >= 15 is 0 Å². The Labute approximate surface area is 199 Å². The number of amides is 2. The van der Waals surface area contributed by atoms with E-state index in [0.717, 1.165) is 45.6 Å². The minimum absolute atomic E-state index is 0.171. The van der Waals surface area contributed by atoms with Crippen LogP contribution in [0.1, 0.15) is 23.4 Å². The van der Waals surface area contributed by atoms with Crippen molar-refractivity contribution in [2.24, 2.45) is 0 Å². The maximum absolute atomic E-state index is 12.8. The second-order valence-electron chi connectivity index (χ2n) is 8.54. The van der Waals surface area contributed by atoms with Gasteiger partial charge in [0.15, 0.2) is 5.76 Å². The molecule has 2 aliphatic heterocycles. The highest BCUT2D eigenvalue weighted by Gasteiger charge is 2.27. The summed E-state index contributed by atoms with van der Waals surface area (Å²) < 4.78 is 32.1. The van der Waals surface area contributed by atoms with Gasteiger partial charge in [-0.1, -0.05) is 6.07 Å². The first-order valence-corrected chi connectivity index (χ1v) is 13.0. The van der Waals surface area contributed by atoms with Crippen molar-refractivity contribution < 1.29 is 22.4 Å². The number of benzene rings is 1. The third-order valence-electron chi connectivity index (χ3n) is 6.11. The van der Waals surface area contributed by atoms with E-state index in [4.69, 9.17) is 4.42 Å². The number of hydrogen-bond donors (Lipinski definition) is 2. The Morgan fingerprint density at radius 1 is 0.941 bits per heavy atom. The molecule has 2 aliphatic rings. The largest absolute Gasteiger partial charge is 0.459 e. The molecule has 0 bridgehead atoms. The molecule has 2 fully saturated rings. The lowest BCUT2D eigenvalue weighted by molar-refractivity contribution is -0.117. The molecule has 4 rings (SSSR count). The molecule has 1 aromatic carbocycles. The minimum Gasteiger partial charge on any atom is -0.459 e. The Kier molecular flexibility index (Phi) is 7.99. The third kappa shape index (κ3) is 6.23. The van der Waals surface area contributed by atoms with Crippen molar-refractivity contribution in [1.29, 1.82) is 0 Å². The van der Waals surface area contributed by atoms with Gasteiger partial charge in [0.25, 0.3) is 5.91 Å². The molecule has 2 aromatic rings. The zero-order chi connectivity index (χ0) is 24.0. The molecular formula is C23H31N5O5S. The molecule has 10 nitrogen and oxygen atoms in total. The van der Waals surface area contributed by atoms with Crippen molar-refractivity contribution in [3.05, 3.63) is 48.4 Å². The van der Waals surface area contributed by atoms with Crippen LogP contribution in [-0.2, 0) is 14.8 Å². The molecule has 0 unspecified atom stereocenters. The maximum atomic E-state index is 12.8. The SMILES string of the molecule is O=C(CN1CCN(CCNC(=O)c2ccco2)CC1)Nc1cccc(S(=O)(=O)N2CCCC2)c1. The lowest BCUT2D eigenvalue weighted by Crippen LogP contribution is -2.50. The maximum Gasteiger partial charge on any atom is 0.287 e. The molecule has 2 saturated heterocycles. The first-order chi connectivity index (χ1) is 16.4. The van der Waals surface area contributed by atoms with Crippen LogP contribution in [0.25, 0.3) is 0 Å². The summed E-state index contributed by atoms with van der Waals surface area (Å²) in [6, 6.07) is 9.76. The van der Waals surface area contributed by atoms with Gasteiger partial charge in [0.1, 0.15) is 0 Å². The fourth-order valence-electron chi connectivity index (χ4n) is 4.21. The number of carbonyl (C=O) groups is 2. The minimum atomic E-state index is -3.52. The van der Waals surface area contributed by atoms with Crippen molar-refractivity contribution in [2.75, 3.05) is 64.2 Å². The van der Waals surface area contributed by atoms with Crippen LogP contribution in [0.4, 0.5) is 5.69 Å². The second kappa shape index (κ2) is 11.1. The standard InChI is InChI=1S/C23H31N5O5S/c29-22(25-19-5-3-6-20(17-19)34(31,32)28-9-1-2-10-28)18-27-14-12-26(13-15-27)11-8-24-23(30)21-7-4-16-33-21/h3-7,16-17H,1-2,8-15,18H2,(H,24,30)(H,25,29). The number of furan rings is 1. The molecule has 0 atom stereocenters. The van der Waals surface area contributed by atoms with Gasteiger partial charge in [-0.2, -0.15) is 4.31 Å². The summed E-state index contributed by atoms with van der Waals surface area (Å²) in [6.45, 7) is 5.66. The molecule has 0 aliphatic carbocycles. The molecule has 0 spiro atoms. The van der Waals surface area contributed by atoms with E-state index in [-0.39, 0.29) is 23.3 Å². The van der Waals surface area contributed by atoms with E-state index in [2.05, 4.69) is 20.4 Å². The quantitative estimate of drug-likeness (QED) is 0.541. The van der Waals surface area contributed by atoms with Gasteiger partial charge in [-0.15, -0.1) is 0 Å². The fraction of sp³-hybridized carbons (Fsp3) is 0.478. The van der Waals surface area contributed by atoms with Gasteiger partial charge >= 0.3 is 0 Å². The first kappa shape index (κ1) is 24.4. The fourth-order valence-corrected chi connectivity index (χ4v) is 5.77. The number of piperazine rings is 1. The Morgan fingerprint density at radius 3 is 2.38 bits per heavy atom. The molecule has 0 radical (unpaired) electrons. The van der Waals surface area contributed by atoms with Gasteiger partial charge in [0, 0.05) is 58.0 Å². The smallest absolute Gasteiger partial charge is 0.287 e. The Balaban J connectivity index is 1.19. The van der Waals surface area contributed by atoms with Crippen LogP contribution >= 0.6 is 0 Å². The highest BCUT2D eigenvalue weighted by atomic mass is 32.2. The number of nitrogens with zero attached hydrogens (tertiary/aromatic N) is 3. The van der Waals surface area contributed by atoms with Crippen molar-refractivity contribution in [1.82, 2.24) is 19.4 Å². The normalized spacial score (nSPS) is 18.1. The van der Waals surface area contributed by atoms with E-state index in [9.17, 15) is 18.0 Å². The monoisotopic (exact) mass is 489 g/mol. The summed E-state index contributed by atoms with van der Waals surface area (Å²) in [5.41, 5.74) is 0.483. The average molecular weight is 490 g/mol. The number of hydrogen-bond acceptors (Lipinski definition) is 7. The Bertz CT molecular complexity index is 1070. The van der Waals surface area contributed by atoms with Crippen LogP contribution in [0, 0.1) is 0 Å². The molecule has 3 heterocycles. The average Bonchev–Trinajstić information content (AvgIpc) is 3.55. The molecule has 11 heteroatoms. The summed E-state index contributed by atoms with van der Waals surface area (Å²) in [4.78, 5) is 29.0. The lowest BCUT2D eigenvalue weighted by atomic mass is 10.3. The van der Waals surface area contributed by atoms with Crippen molar-refractivity contribution in [3.63, 3.8) is 0 Å². The molecular weight excluding hydrogens is 458 g/mol. The highest BCUT2D eigenvalue weighted by molar-refractivity contribution is 7.89. The van der Waals surface area contributed by atoms with Crippen LogP contribution in [0.5, 0.6) is 0 Å².